The first-order chi connectivity index (χ1) is 13.0. The number of likely N-dealkylation sites (tertiary alicyclic amines) is 1. The van der Waals surface area contributed by atoms with Gasteiger partial charge in [0.2, 0.25) is 5.91 Å². The molecule has 1 aliphatic heterocycles. The van der Waals surface area contributed by atoms with Gasteiger partial charge < -0.3 is 5.32 Å². The molecule has 1 aliphatic rings. The number of halogens is 2. The molecular weight excluding hydrogens is 379 g/mol. The molecule has 0 bridgehead atoms. The summed E-state index contributed by atoms with van der Waals surface area (Å²) in [6, 6.07) is 15.9. The van der Waals surface area contributed by atoms with Gasteiger partial charge in [-0.05, 0) is 49.5 Å². The van der Waals surface area contributed by atoms with Gasteiger partial charge in [-0.1, -0.05) is 66.5 Å². The molecule has 1 unspecified atom stereocenters. The molecule has 27 heavy (non-hydrogen) atoms. The minimum atomic E-state index is 0.0888. The zero-order chi connectivity index (χ0) is 19.2. The van der Waals surface area contributed by atoms with E-state index in [0.29, 0.717) is 22.5 Å². The van der Waals surface area contributed by atoms with Crippen LogP contribution in [-0.4, -0.2) is 30.4 Å². The maximum Gasteiger partial charge on any atom is 0.223 e. The minimum absolute atomic E-state index is 0.0888. The second-order valence-corrected chi connectivity index (χ2v) is 8.12. The van der Waals surface area contributed by atoms with Crippen LogP contribution in [0.15, 0.2) is 48.5 Å². The van der Waals surface area contributed by atoms with Crippen molar-refractivity contribution in [3.05, 3.63) is 69.7 Å². The Labute approximate surface area is 171 Å². The van der Waals surface area contributed by atoms with Gasteiger partial charge in [0, 0.05) is 34.6 Å². The molecule has 2 aromatic carbocycles. The van der Waals surface area contributed by atoms with Crippen molar-refractivity contribution < 1.29 is 4.79 Å². The van der Waals surface area contributed by atoms with Crippen molar-refractivity contribution in [3.63, 3.8) is 0 Å². The highest BCUT2D eigenvalue weighted by Gasteiger charge is 2.25. The normalized spacial score (nSPS) is 16.9. The molecule has 3 rings (SSSR count). The Morgan fingerprint density at radius 2 is 1.70 bits per heavy atom. The van der Waals surface area contributed by atoms with Crippen LogP contribution >= 0.6 is 23.2 Å². The van der Waals surface area contributed by atoms with Gasteiger partial charge in [0.15, 0.2) is 0 Å². The van der Waals surface area contributed by atoms with Gasteiger partial charge in [-0.3, -0.25) is 9.69 Å². The fraction of sp³-hybridized carbons (Fsp3) is 0.409. The fourth-order valence-corrected chi connectivity index (χ4v) is 4.07. The molecule has 0 radical (unpaired) electrons. The number of hydrogen-bond acceptors (Lipinski definition) is 2. The number of benzene rings is 2. The smallest absolute Gasteiger partial charge is 0.223 e. The van der Waals surface area contributed by atoms with E-state index >= 15 is 0 Å². The first kappa shape index (κ1) is 20.2. The van der Waals surface area contributed by atoms with E-state index in [1.165, 1.54) is 5.56 Å². The van der Waals surface area contributed by atoms with Crippen molar-refractivity contribution in [1.82, 2.24) is 10.2 Å². The van der Waals surface area contributed by atoms with Crippen molar-refractivity contribution in [3.8, 4) is 0 Å². The third-order valence-electron chi connectivity index (χ3n) is 5.35. The van der Waals surface area contributed by atoms with E-state index in [4.69, 9.17) is 23.2 Å². The number of carbonyl (C=O) groups is 1. The average molecular weight is 405 g/mol. The second kappa shape index (κ2) is 9.59. The maximum atomic E-state index is 12.5. The number of nitrogens with one attached hydrogen (secondary N) is 1. The van der Waals surface area contributed by atoms with Crippen LogP contribution in [0.2, 0.25) is 10.0 Å². The molecule has 1 heterocycles. The Morgan fingerprint density at radius 3 is 2.33 bits per heavy atom. The Morgan fingerprint density at radius 1 is 1.07 bits per heavy atom. The zero-order valence-corrected chi connectivity index (χ0v) is 17.1. The molecule has 1 amide bonds. The predicted molar refractivity (Wildman–Crippen MR) is 112 cm³/mol. The standard InChI is InChI=1S/C22H26Cl2N2O/c1-16(17-6-3-2-4-7-17)14-25-22(27)18-10-12-26(13-11-18)15-19-20(23)8-5-9-21(19)24/h2-9,16,18H,10-15H2,1H3,(H,25,27). The van der Waals surface area contributed by atoms with Crippen LogP contribution in [0.1, 0.15) is 36.8 Å². The van der Waals surface area contributed by atoms with Crippen LogP contribution in [0, 0.1) is 5.92 Å². The number of hydrogen-bond donors (Lipinski definition) is 1. The Bertz CT molecular complexity index is 738. The average Bonchev–Trinajstić information content (AvgIpc) is 2.70. The Hall–Kier alpha value is -1.55. The highest BCUT2D eigenvalue weighted by molar-refractivity contribution is 6.35. The van der Waals surface area contributed by atoms with Crippen LogP contribution in [0.25, 0.3) is 0 Å². The molecule has 3 nitrogen and oxygen atoms in total. The summed E-state index contributed by atoms with van der Waals surface area (Å²) in [7, 11) is 0. The molecule has 0 aromatic heterocycles. The number of amides is 1. The van der Waals surface area contributed by atoms with Crippen LogP contribution in [0.4, 0.5) is 0 Å². The van der Waals surface area contributed by atoms with E-state index < -0.39 is 0 Å². The van der Waals surface area contributed by atoms with Crippen molar-refractivity contribution in [2.45, 2.75) is 32.2 Å². The second-order valence-electron chi connectivity index (χ2n) is 7.31. The molecule has 5 heteroatoms. The van der Waals surface area contributed by atoms with E-state index in [1.54, 1.807) is 0 Å². The first-order valence-corrected chi connectivity index (χ1v) is 10.3. The summed E-state index contributed by atoms with van der Waals surface area (Å²) >= 11 is 12.5. The largest absolute Gasteiger partial charge is 0.355 e. The lowest BCUT2D eigenvalue weighted by Crippen LogP contribution is -2.41. The molecule has 0 spiro atoms. The van der Waals surface area contributed by atoms with Crippen molar-refractivity contribution in [1.29, 1.82) is 0 Å². The molecule has 144 valence electrons. The van der Waals surface area contributed by atoms with Crippen LogP contribution in [0.5, 0.6) is 0 Å². The third kappa shape index (κ3) is 5.47. The van der Waals surface area contributed by atoms with Gasteiger partial charge in [-0.25, -0.2) is 0 Å². The molecular formula is C22H26Cl2N2O. The zero-order valence-electron chi connectivity index (χ0n) is 15.6. The van der Waals surface area contributed by atoms with Gasteiger partial charge >= 0.3 is 0 Å². The Kier molecular flexibility index (Phi) is 7.17. The van der Waals surface area contributed by atoms with Crippen molar-refractivity contribution in [2.24, 2.45) is 5.92 Å². The van der Waals surface area contributed by atoms with E-state index in [2.05, 4.69) is 29.3 Å². The Balaban J connectivity index is 1.45. The highest BCUT2D eigenvalue weighted by Crippen LogP contribution is 2.27. The summed E-state index contributed by atoms with van der Waals surface area (Å²) < 4.78 is 0. The molecule has 1 atom stereocenters. The number of piperidine rings is 1. The summed E-state index contributed by atoms with van der Waals surface area (Å²) in [5, 5.41) is 4.55. The monoisotopic (exact) mass is 404 g/mol. The summed E-state index contributed by atoms with van der Waals surface area (Å²) in [5.41, 5.74) is 2.23. The van der Waals surface area contributed by atoms with Gasteiger partial charge in [0.05, 0.1) is 0 Å². The number of rotatable bonds is 6. The molecule has 0 aliphatic carbocycles. The summed E-state index contributed by atoms with van der Waals surface area (Å²) in [4.78, 5) is 14.9. The topological polar surface area (TPSA) is 32.3 Å². The summed E-state index contributed by atoms with van der Waals surface area (Å²) in [6.45, 7) is 5.32. The fourth-order valence-electron chi connectivity index (χ4n) is 3.56. The molecule has 1 N–H and O–H groups in total. The lowest BCUT2D eigenvalue weighted by Gasteiger charge is -2.32. The van der Waals surface area contributed by atoms with Gasteiger partial charge in [-0.2, -0.15) is 0 Å². The van der Waals surface area contributed by atoms with Crippen LogP contribution in [-0.2, 0) is 11.3 Å². The quantitative estimate of drug-likeness (QED) is 0.723. The van der Waals surface area contributed by atoms with E-state index in [1.807, 2.05) is 36.4 Å². The van der Waals surface area contributed by atoms with Crippen LogP contribution < -0.4 is 5.32 Å². The van der Waals surface area contributed by atoms with E-state index in [0.717, 1.165) is 38.0 Å². The number of nitrogens with zero attached hydrogens (tertiary/aromatic N) is 1. The number of carbonyl (C=O) groups excluding carboxylic acids is 1. The summed E-state index contributed by atoms with van der Waals surface area (Å²) in [5.74, 6) is 0.580. The first-order valence-electron chi connectivity index (χ1n) is 9.52. The molecule has 2 aromatic rings. The molecule has 0 saturated carbocycles. The van der Waals surface area contributed by atoms with Crippen molar-refractivity contribution in [2.75, 3.05) is 19.6 Å². The van der Waals surface area contributed by atoms with Gasteiger partial charge in [-0.15, -0.1) is 0 Å². The summed E-state index contributed by atoms with van der Waals surface area (Å²) in [6.07, 6.45) is 1.74. The van der Waals surface area contributed by atoms with E-state index in [-0.39, 0.29) is 11.8 Å². The molecule has 1 saturated heterocycles. The SMILES string of the molecule is CC(CNC(=O)C1CCN(Cc2c(Cl)cccc2Cl)CC1)c1ccccc1. The van der Waals surface area contributed by atoms with Crippen molar-refractivity contribution >= 4 is 29.1 Å². The third-order valence-corrected chi connectivity index (χ3v) is 6.06. The highest BCUT2D eigenvalue weighted by atomic mass is 35.5. The molecule has 1 fully saturated rings. The predicted octanol–water partition coefficient (Wildman–Crippen LogP) is 5.13. The minimum Gasteiger partial charge on any atom is -0.355 e. The maximum absolute atomic E-state index is 12.5. The van der Waals surface area contributed by atoms with Gasteiger partial charge in [0.1, 0.15) is 0 Å². The lowest BCUT2D eigenvalue weighted by molar-refractivity contribution is -0.126. The van der Waals surface area contributed by atoms with Crippen LogP contribution in [0.3, 0.4) is 0 Å². The van der Waals surface area contributed by atoms with Gasteiger partial charge in [0.25, 0.3) is 0 Å². The lowest BCUT2D eigenvalue weighted by atomic mass is 9.95. The van der Waals surface area contributed by atoms with E-state index in [9.17, 15) is 4.79 Å².